The predicted molar refractivity (Wildman–Crippen MR) is 147 cm³/mol. The lowest BCUT2D eigenvalue weighted by molar-refractivity contribution is -0.142. The van der Waals surface area contributed by atoms with Gasteiger partial charge in [-0.1, -0.05) is 18.2 Å². The molecule has 0 aliphatic rings. The number of aromatic amines is 1. The van der Waals surface area contributed by atoms with Gasteiger partial charge in [-0.15, -0.1) is 0 Å². The van der Waals surface area contributed by atoms with Crippen molar-refractivity contribution in [2.75, 3.05) is 12.0 Å². The van der Waals surface area contributed by atoms with Gasteiger partial charge in [0.25, 0.3) is 0 Å². The maximum atomic E-state index is 13.2. The third-order valence-corrected chi connectivity index (χ3v) is 6.74. The minimum Gasteiger partial charge on any atom is -0.480 e. The molecule has 0 fully saturated rings. The van der Waals surface area contributed by atoms with Crippen LogP contribution in [0.2, 0.25) is 0 Å². The van der Waals surface area contributed by atoms with Crippen molar-refractivity contribution in [3.05, 3.63) is 36.0 Å². The Morgan fingerprint density at radius 2 is 1.56 bits per heavy atom. The standard InChI is InChI=1S/C25H36N6O7S/c1-13(32)21(27)24(36)30-17(7-8-20(26)33)22(34)29-18(9-10-39-2)23(35)31-19(25(37)38)11-14-12-28-16-6-4-3-5-15(14)16/h3-6,12-13,17-19,21,28,32H,7-11,27H2,1-2H3,(H2,26,33)(H,29,34)(H,30,36)(H,31,35)(H,37,38). The number of aliphatic hydroxyl groups is 1. The predicted octanol–water partition coefficient (Wildman–Crippen LogP) is -1.02. The van der Waals surface area contributed by atoms with Crippen LogP contribution < -0.4 is 27.4 Å². The fourth-order valence-electron chi connectivity index (χ4n) is 3.81. The smallest absolute Gasteiger partial charge is 0.326 e. The molecule has 0 aliphatic heterocycles. The normalized spacial score (nSPS) is 15.0. The van der Waals surface area contributed by atoms with Gasteiger partial charge < -0.3 is 42.6 Å². The highest BCUT2D eigenvalue weighted by molar-refractivity contribution is 7.98. The molecule has 13 nitrogen and oxygen atoms in total. The van der Waals surface area contributed by atoms with E-state index in [0.717, 1.165) is 10.9 Å². The van der Waals surface area contributed by atoms with Gasteiger partial charge in [-0.05, 0) is 43.4 Å². The first-order chi connectivity index (χ1) is 18.4. The first-order valence-electron chi connectivity index (χ1n) is 12.3. The molecule has 1 aromatic heterocycles. The van der Waals surface area contributed by atoms with Crippen LogP contribution in [0.15, 0.2) is 30.5 Å². The summed E-state index contributed by atoms with van der Waals surface area (Å²) in [5.41, 5.74) is 12.4. The summed E-state index contributed by atoms with van der Waals surface area (Å²) in [6.07, 6.45) is 2.05. The Hall–Kier alpha value is -3.62. The van der Waals surface area contributed by atoms with Gasteiger partial charge in [0.1, 0.15) is 24.2 Å². The van der Waals surface area contributed by atoms with Crippen molar-refractivity contribution in [3.8, 4) is 0 Å². The van der Waals surface area contributed by atoms with Crippen molar-refractivity contribution in [2.45, 2.75) is 62.9 Å². The Bertz CT molecular complexity index is 1170. The Morgan fingerprint density at radius 3 is 2.15 bits per heavy atom. The molecule has 0 saturated carbocycles. The first kappa shape index (κ1) is 31.6. The fraction of sp³-hybridized carbons (Fsp3) is 0.480. The number of amides is 4. The van der Waals surface area contributed by atoms with Gasteiger partial charge in [0.15, 0.2) is 0 Å². The Morgan fingerprint density at radius 1 is 0.974 bits per heavy atom. The monoisotopic (exact) mass is 564 g/mol. The third-order valence-electron chi connectivity index (χ3n) is 6.09. The van der Waals surface area contributed by atoms with Crippen LogP contribution >= 0.6 is 11.8 Å². The van der Waals surface area contributed by atoms with Gasteiger partial charge in [0.05, 0.1) is 6.10 Å². The Labute approximate surface area is 229 Å². The van der Waals surface area contributed by atoms with Crippen LogP contribution in [0.3, 0.4) is 0 Å². The quantitative estimate of drug-likeness (QED) is 0.124. The SMILES string of the molecule is CSCCC(NC(=O)C(CCC(N)=O)NC(=O)C(N)C(C)O)C(=O)NC(Cc1c[nH]c2ccccc12)C(=O)O. The van der Waals surface area contributed by atoms with E-state index >= 15 is 0 Å². The number of benzene rings is 1. The molecule has 0 spiro atoms. The maximum absolute atomic E-state index is 13.2. The molecule has 10 N–H and O–H groups in total. The number of aliphatic hydroxyl groups excluding tert-OH is 1. The third kappa shape index (κ3) is 9.57. The topological polar surface area (TPSA) is 230 Å². The summed E-state index contributed by atoms with van der Waals surface area (Å²) in [5.74, 6) is -3.83. The molecular weight excluding hydrogens is 528 g/mol. The number of hydrogen-bond acceptors (Lipinski definition) is 8. The molecule has 0 saturated heterocycles. The fourth-order valence-corrected chi connectivity index (χ4v) is 4.28. The maximum Gasteiger partial charge on any atom is 0.326 e. The number of nitrogens with one attached hydrogen (secondary N) is 4. The van der Waals surface area contributed by atoms with Gasteiger partial charge >= 0.3 is 5.97 Å². The minimum atomic E-state index is -1.33. The van der Waals surface area contributed by atoms with E-state index in [1.165, 1.54) is 18.7 Å². The molecule has 0 aliphatic carbocycles. The second-order valence-electron chi connectivity index (χ2n) is 9.14. The second-order valence-corrected chi connectivity index (χ2v) is 10.1. The molecule has 2 rings (SSSR count). The summed E-state index contributed by atoms with van der Waals surface area (Å²) in [6, 6.07) is 2.34. The zero-order valence-corrected chi connectivity index (χ0v) is 22.6. The molecule has 214 valence electrons. The number of aromatic nitrogens is 1. The number of thioether (sulfide) groups is 1. The Kier molecular flexibility index (Phi) is 12.2. The molecular formula is C25H36N6O7S. The summed E-state index contributed by atoms with van der Waals surface area (Å²) < 4.78 is 0. The highest BCUT2D eigenvalue weighted by Gasteiger charge is 2.31. The zero-order valence-electron chi connectivity index (χ0n) is 21.8. The van der Waals surface area contributed by atoms with Gasteiger partial charge in [-0.2, -0.15) is 11.8 Å². The molecule has 0 radical (unpaired) electrons. The zero-order chi connectivity index (χ0) is 29.1. The van der Waals surface area contributed by atoms with Crippen LogP contribution in [0.1, 0.15) is 31.7 Å². The Balaban J connectivity index is 2.18. The lowest BCUT2D eigenvalue weighted by Gasteiger charge is -2.25. The number of carbonyl (C=O) groups excluding carboxylic acids is 4. The number of nitrogens with two attached hydrogens (primary N) is 2. The average Bonchev–Trinajstić information content (AvgIpc) is 3.30. The van der Waals surface area contributed by atoms with Crippen LogP contribution in [-0.2, 0) is 30.4 Å². The summed E-state index contributed by atoms with van der Waals surface area (Å²) >= 11 is 1.42. The van der Waals surface area contributed by atoms with Crippen molar-refractivity contribution < 1.29 is 34.2 Å². The number of rotatable bonds is 16. The number of carboxylic acids is 1. The molecule has 0 bridgehead atoms. The van der Waals surface area contributed by atoms with E-state index in [-0.39, 0.29) is 25.7 Å². The van der Waals surface area contributed by atoms with Crippen molar-refractivity contribution in [1.82, 2.24) is 20.9 Å². The molecule has 14 heteroatoms. The van der Waals surface area contributed by atoms with E-state index in [1.54, 1.807) is 12.5 Å². The summed E-state index contributed by atoms with van der Waals surface area (Å²) in [4.78, 5) is 65.0. The minimum absolute atomic E-state index is 0.00279. The average molecular weight is 565 g/mol. The number of H-pyrrole nitrogens is 1. The largest absolute Gasteiger partial charge is 0.480 e. The van der Waals surface area contributed by atoms with E-state index in [2.05, 4.69) is 20.9 Å². The lowest BCUT2D eigenvalue weighted by Crippen LogP contribution is -2.58. The highest BCUT2D eigenvalue weighted by atomic mass is 32.2. The molecule has 2 aromatic rings. The van der Waals surface area contributed by atoms with Gasteiger partial charge in [0, 0.05) is 29.9 Å². The number of aliphatic carboxylic acids is 1. The number of primary amides is 1. The molecule has 1 heterocycles. The number of fused-ring (bicyclic) bond motifs is 1. The van der Waals surface area contributed by atoms with E-state index < -0.39 is 59.9 Å². The number of carbonyl (C=O) groups is 5. The van der Waals surface area contributed by atoms with Gasteiger partial charge in [-0.25, -0.2) is 4.79 Å². The number of hydrogen-bond donors (Lipinski definition) is 8. The van der Waals surface area contributed by atoms with E-state index in [1.807, 2.05) is 24.3 Å². The number of para-hydroxylation sites is 1. The van der Waals surface area contributed by atoms with Gasteiger partial charge in [-0.3, -0.25) is 19.2 Å². The van der Waals surface area contributed by atoms with Crippen LogP contribution in [0, 0.1) is 0 Å². The number of carboxylic acid groups (broad SMARTS) is 1. The van der Waals surface area contributed by atoms with E-state index in [4.69, 9.17) is 11.5 Å². The van der Waals surface area contributed by atoms with Crippen LogP contribution in [0.25, 0.3) is 10.9 Å². The summed E-state index contributed by atoms with van der Waals surface area (Å²) in [5, 5.41) is 27.7. The van der Waals surface area contributed by atoms with E-state index in [0.29, 0.717) is 11.3 Å². The lowest BCUT2D eigenvalue weighted by atomic mass is 10.0. The van der Waals surface area contributed by atoms with Crippen molar-refractivity contribution in [2.24, 2.45) is 11.5 Å². The van der Waals surface area contributed by atoms with Crippen LogP contribution in [0.5, 0.6) is 0 Å². The summed E-state index contributed by atoms with van der Waals surface area (Å²) in [7, 11) is 0. The highest BCUT2D eigenvalue weighted by Crippen LogP contribution is 2.19. The molecule has 4 amide bonds. The first-order valence-corrected chi connectivity index (χ1v) is 13.7. The van der Waals surface area contributed by atoms with Gasteiger partial charge in [0.2, 0.25) is 23.6 Å². The van der Waals surface area contributed by atoms with Crippen molar-refractivity contribution in [3.63, 3.8) is 0 Å². The van der Waals surface area contributed by atoms with Crippen LogP contribution in [-0.4, -0.2) is 87.1 Å². The second kappa shape index (κ2) is 15.1. The van der Waals surface area contributed by atoms with E-state index in [9.17, 15) is 34.2 Å². The molecule has 5 atom stereocenters. The molecule has 5 unspecified atom stereocenters. The molecule has 39 heavy (non-hydrogen) atoms. The van der Waals surface area contributed by atoms with Crippen molar-refractivity contribution >= 4 is 52.3 Å². The molecule has 1 aromatic carbocycles. The van der Waals surface area contributed by atoms with Crippen molar-refractivity contribution in [1.29, 1.82) is 0 Å². The van der Waals surface area contributed by atoms with Crippen LogP contribution in [0.4, 0.5) is 0 Å². The summed E-state index contributed by atoms with van der Waals surface area (Å²) in [6.45, 7) is 1.31.